The first-order valence-corrected chi connectivity index (χ1v) is 5.46. The third kappa shape index (κ3) is 2.63. The first-order valence-electron chi connectivity index (χ1n) is 5.46. The standard InChI is InChI=1S/C12H11F4NO/c1-6-4-10(6)17-11(18)7-2-3-9(13)8(5-7)12(14,15)16/h2-3,5-6,10H,4H2,1H3,(H,17,18). The number of rotatable bonds is 2. The largest absolute Gasteiger partial charge is 0.419 e. The van der Waals surface area contributed by atoms with E-state index in [0.29, 0.717) is 18.1 Å². The van der Waals surface area contributed by atoms with Gasteiger partial charge in [0.15, 0.2) is 0 Å². The quantitative estimate of drug-likeness (QED) is 0.815. The summed E-state index contributed by atoms with van der Waals surface area (Å²) in [5.41, 5.74) is -1.60. The van der Waals surface area contributed by atoms with E-state index in [0.717, 1.165) is 12.5 Å². The SMILES string of the molecule is CC1CC1NC(=O)c1ccc(F)c(C(F)(F)F)c1. The second-order valence-corrected chi connectivity index (χ2v) is 4.49. The molecule has 0 radical (unpaired) electrons. The Balaban J connectivity index is 2.21. The molecule has 0 heterocycles. The van der Waals surface area contributed by atoms with Gasteiger partial charge in [0.1, 0.15) is 5.82 Å². The van der Waals surface area contributed by atoms with Crippen molar-refractivity contribution >= 4 is 5.91 Å². The number of carbonyl (C=O) groups is 1. The van der Waals surface area contributed by atoms with Crippen LogP contribution in [0.4, 0.5) is 17.6 Å². The third-order valence-corrected chi connectivity index (χ3v) is 2.96. The van der Waals surface area contributed by atoms with Crippen molar-refractivity contribution in [2.24, 2.45) is 5.92 Å². The van der Waals surface area contributed by atoms with Gasteiger partial charge in [-0.3, -0.25) is 4.79 Å². The second kappa shape index (κ2) is 4.26. The summed E-state index contributed by atoms with van der Waals surface area (Å²) in [6.07, 6.45) is -3.98. The first kappa shape index (κ1) is 12.9. The van der Waals surface area contributed by atoms with Gasteiger partial charge in [0.05, 0.1) is 5.56 Å². The van der Waals surface area contributed by atoms with E-state index < -0.39 is 23.5 Å². The van der Waals surface area contributed by atoms with Crippen LogP contribution in [0.25, 0.3) is 0 Å². The average molecular weight is 261 g/mol. The molecular weight excluding hydrogens is 250 g/mol. The number of hydrogen-bond acceptors (Lipinski definition) is 1. The summed E-state index contributed by atoms with van der Waals surface area (Å²) in [7, 11) is 0. The number of benzene rings is 1. The van der Waals surface area contributed by atoms with Crippen molar-refractivity contribution in [1.29, 1.82) is 0 Å². The Morgan fingerprint density at radius 2 is 2.00 bits per heavy atom. The van der Waals surface area contributed by atoms with E-state index in [1.807, 2.05) is 6.92 Å². The Morgan fingerprint density at radius 1 is 1.39 bits per heavy atom. The molecule has 1 aromatic carbocycles. The predicted octanol–water partition coefficient (Wildman–Crippen LogP) is 2.98. The minimum absolute atomic E-state index is 0.0110. The van der Waals surface area contributed by atoms with Gasteiger partial charge in [-0.15, -0.1) is 0 Å². The number of carbonyl (C=O) groups excluding carboxylic acids is 1. The van der Waals surface area contributed by atoms with Gasteiger partial charge in [0, 0.05) is 11.6 Å². The van der Waals surface area contributed by atoms with Gasteiger partial charge in [0.25, 0.3) is 5.91 Å². The molecule has 0 aromatic heterocycles. The van der Waals surface area contributed by atoms with Gasteiger partial charge in [-0.05, 0) is 30.5 Å². The zero-order chi connectivity index (χ0) is 13.5. The van der Waals surface area contributed by atoms with Crippen LogP contribution < -0.4 is 5.32 Å². The summed E-state index contributed by atoms with van der Waals surface area (Å²) in [5, 5.41) is 2.59. The lowest BCUT2D eigenvalue weighted by molar-refractivity contribution is -0.140. The summed E-state index contributed by atoms with van der Waals surface area (Å²) >= 11 is 0. The van der Waals surface area contributed by atoms with E-state index in [4.69, 9.17) is 0 Å². The summed E-state index contributed by atoms with van der Waals surface area (Å²) in [4.78, 5) is 11.6. The van der Waals surface area contributed by atoms with Crippen LogP contribution in [0.3, 0.4) is 0 Å². The highest BCUT2D eigenvalue weighted by Gasteiger charge is 2.36. The number of hydrogen-bond donors (Lipinski definition) is 1. The van der Waals surface area contributed by atoms with Gasteiger partial charge in [-0.2, -0.15) is 13.2 Å². The van der Waals surface area contributed by atoms with Crippen molar-refractivity contribution < 1.29 is 22.4 Å². The molecule has 1 aliphatic carbocycles. The van der Waals surface area contributed by atoms with Crippen LogP contribution >= 0.6 is 0 Å². The molecule has 18 heavy (non-hydrogen) atoms. The molecule has 0 saturated heterocycles. The van der Waals surface area contributed by atoms with Gasteiger partial charge < -0.3 is 5.32 Å². The number of alkyl halides is 3. The monoisotopic (exact) mass is 261 g/mol. The molecule has 1 fully saturated rings. The highest BCUT2D eigenvalue weighted by atomic mass is 19.4. The maximum absolute atomic E-state index is 13.0. The van der Waals surface area contributed by atoms with E-state index in [2.05, 4.69) is 5.32 Å². The van der Waals surface area contributed by atoms with Crippen molar-refractivity contribution in [2.75, 3.05) is 0 Å². The molecule has 1 aliphatic rings. The maximum atomic E-state index is 13.0. The number of halogens is 4. The third-order valence-electron chi connectivity index (χ3n) is 2.96. The molecule has 6 heteroatoms. The molecule has 2 atom stereocenters. The minimum atomic E-state index is -4.80. The minimum Gasteiger partial charge on any atom is -0.349 e. The van der Waals surface area contributed by atoms with Crippen LogP contribution in [0.1, 0.15) is 29.3 Å². The summed E-state index contributed by atoms with van der Waals surface area (Å²) in [6.45, 7) is 1.93. The Morgan fingerprint density at radius 3 is 2.50 bits per heavy atom. The second-order valence-electron chi connectivity index (χ2n) is 4.49. The molecule has 0 bridgehead atoms. The van der Waals surface area contributed by atoms with Crippen LogP contribution in [0.5, 0.6) is 0 Å². The molecule has 2 nitrogen and oxygen atoms in total. The van der Waals surface area contributed by atoms with E-state index in [1.165, 1.54) is 0 Å². The number of amides is 1. The van der Waals surface area contributed by atoms with Gasteiger partial charge in [-0.25, -0.2) is 4.39 Å². The van der Waals surface area contributed by atoms with Gasteiger partial charge in [0.2, 0.25) is 0 Å². The van der Waals surface area contributed by atoms with E-state index >= 15 is 0 Å². The Bertz CT molecular complexity index is 483. The first-order chi connectivity index (χ1) is 8.29. The Hall–Kier alpha value is -1.59. The molecule has 0 aliphatic heterocycles. The normalized spacial score (nSPS) is 22.7. The maximum Gasteiger partial charge on any atom is 0.419 e. The number of nitrogens with one attached hydrogen (secondary N) is 1. The van der Waals surface area contributed by atoms with Crippen LogP contribution in [-0.4, -0.2) is 11.9 Å². The zero-order valence-electron chi connectivity index (χ0n) is 9.51. The fourth-order valence-corrected chi connectivity index (χ4v) is 1.66. The molecule has 2 unspecified atom stereocenters. The molecule has 2 rings (SSSR count). The van der Waals surface area contributed by atoms with Crippen LogP contribution in [0.2, 0.25) is 0 Å². The fourth-order valence-electron chi connectivity index (χ4n) is 1.66. The smallest absolute Gasteiger partial charge is 0.349 e. The topological polar surface area (TPSA) is 29.1 Å². The van der Waals surface area contributed by atoms with Crippen LogP contribution in [0, 0.1) is 11.7 Å². The zero-order valence-corrected chi connectivity index (χ0v) is 9.51. The molecule has 1 amide bonds. The highest BCUT2D eigenvalue weighted by molar-refractivity contribution is 5.94. The van der Waals surface area contributed by atoms with E-state index in [1.54, 1.807) is 0 Å². The van der Waals surface area contributed by atoms with E-state index in [-0.39, 0.29) is 11.6 Å². The molecular formula is C12H11F4NO. The van der Waals surface area contributed by atoms with Crippen molar-refractivity contribution in [3.63, 3.8) is 0 Å². The van der Waals surface area contributed by atoms with Crippen LogP contribution in [0.15, 0.2) is 18.2 Å². The highest BCUT2D eigenvalue weighted by Crippen LogP contribution is 2.32. The lowest BCUT2D eigenvalue weighted by Crippen LogP contribution is -2.27. The van der Waals surface area contributed by atoms with Crippen molar-refractivity contribution in [3.8, 4) is 0 Å². The Labute approximate surface area is 101 Å². The summed E-state index contributed by atoms with van der Waals surface area (Å²) < 4.78 is 50.4. The van der Waals surface area contributed by atoms with Crippen LogP contribution in [-0.2, 0) is 6.18 Å². The Kier molecular flexibility index (Phi) is 3.04. The van der Waals surface area contributed by atoms with Crippen molar-refractivity contribution in [1.82, 2.24) is 5.32 Å². The van der Waals surface area contributed by atoms with Crippen molar-refractivity contribution in [3.05, 3.63) is 35.1 Å². The predicted molar refractivity (Wildman–Crippen MR) is 56.4 cm³/mol. The summed E-state index contributed by atoms with van der Waals surface area (Å²) in [5.74, 6) is -1.63. The van der Waals surface area contributed by atoms with Gasteiger partial charge >= 0.3 is 6.18 Å². The molecule has 0 spiro atoms. The lowest BCUT2D eigenvalue weighted by atomic mass is 10.1. The van der Waals surface area contributed by atoms with Gasteiger partial charge in [-0.1, -0.05) is 6.92 Å². The molecule has 1 saturated carbocycles. The fraction of sp³-hybridized carbons (Fsp3) is 0.417. The summed E-state index contributed by atoms with van der Waals surface area (Å²) in [6, 6.07) is 2.26. The average Bonchev–Trinajstić information content (AvgIpc) is 2.93. The van der Waals surface area contributed by atoms with E-state index in [9.17, 15) is 22.4 Å². The van der Waals surface area contributed by atoms with Crippen molar-refractivity contribution in [2.45, 2.75) is 25.6 Å². The molecule has 98 valence electrons. The molecule has 1 aromatic rings. The molecule has 1 N–H and O–H groups in total. The lowest BCUT2D eigenvalue weighted by Gasteiger charge is -2.10.